The first-order valence-corrected chi connectivity index (χ1v) is 7.05. The van der Waals surface area contributed by atoms with Crippen LogP contribution in [-0.4, -0.2) is 17.5 Å². The number of hydrogen-bond donors (Lipinski definition) is 1. The van der Waals surface area contributed by atoms with Crippen LogP contribution in [0.1, 0.15) is 5.56 Å². The first-order valence-electron chi connectivity index (χ1n) is 7.05. The van der Waals surface area contributed by atoms with Crippen LogP contribution >= 0.6 is 0 Å². The van der Waals surface area contributed by atoms with E-state index in [4.69, 9.17) is 4.74 Å². The highest BCUT2D eigenvalue weighted by Crippen LogP contribution is 2.16. The summed E-state index contributed by atoms with van der Waals surface area (Å²) in [4.78, 5) is 16.3. The molecule has 22 heavy (non-hydrogen) atoms. The van der Waals surface area contributed by atoms with Crippen LogP contribution in [-0.2, 0) is 4.79 Å². The van der Waals surface area contributed by atoms with E-state index in [0.717, 1.165) is 16.5 Å². The molecule has 2 aromatic carbocycles. The molecule has 0 fully saturated rings. The zero-order valence-corrected chi connectivity index (χ0v) is 12.2. The Labute approximate surface area is 128 Å². The summed E-state index contributed by atoms with van der Waals surface area (Å²) >= 11 is 0. The van der Waals surface area contributed by atoms with Crippen LogP contribution in [0, 0.1) is 6.92 Å². The molecule has 0 bridgehead atoms. The molecule has 0 atom stereocenters. The van der Waals surface area contributed by atoms with Crippen LogP contribution in [0.15, 0.2) is 60.8 Å². The Hall–Kier alpha value is -2.88. The Morgan fingerprint density at radius 1 is 1.14 bits per heavy atom. The van der Waals surface area contributed by atoms with Crippen LogP contribution in [0.2, 0.25) is 0 Å². The van der Waals surface area contributed by atoms with Crippen LogP contribution in [0.25, 0.3) is 10.9 Å². The number of para-hydroxylation sites is 1. The van der Waals surface area contributed by atoms with Gasteiger partial charge in [0.05, 0.1) is 17.4 Å². The number of hydrogen-bond acceptors (Lipinski definition) is 3. The minimum absolute atomic E-state index is 0.0315. The van der Waals surface area contributed by atoms with Gasteiger partial charge in [0.2, 0.25) is 0 Å². The third-order valence-corrected chi connectivity index (χ3v) is 3.23. The molecule has 0 spiro atoms. The minimum atomic E-state index is -0.210. The van der Waals surface area contributed by atoms with Crippen LogP contribution in [0.4, 0.5) is 5.69 Å². The fraction of sp³-hybridized carbons (Fsp3) is 0.111. The number of nitrogens with one attached hydrogen (secondary N) is 1. The molecule has 1 heterocycles. The average molecular weight is 292 g/mol. The van der Waals surface area contributed by atoms with Gasteiger partial charge in [-0.1, -0.05) is 30.3 Å². The van der Waals surface area contributed by atoms with Crippen molar-refractivity contribution < 1.29 is 9.53 Å². The Bertz CT molecular complexity index is 815. The summed E-state index contributed by atoms with van der Waals surface area (Å²) in [5.74, 6) is 0.477. The number of nitrogens with zero attached hydrogens (tertiary/aromatic N) is 1. The summed E-state index contributed by atoms with van der Waals surface area (Å²) in [6, 6.07) is 17.3. The number of aryl methyl sites for hydroxylation is 1. The van der Waals surface area contributed by atoms with Crippen molar-refractivity contribution in [2.24, 2.45) is 0 Å². The number of fused-ring (bicyclic) bond motifs is 1. The van der Waals surface area contributed by atoms with Crippen LogP contribution in [0.3, 0.4) is 0 Å². The summed E-state index contributed by atoms with van der Waals surface area (Å²) in [6.45, 7) is 1.95. The van der Waals surface area contributed by atoms with Crippen molar-refractivity contribution in [2.45, 2.75) is 6.92 Å². The second-order valence-electron chi connectivity index (χ2n) is 5.07. The topological polar surface area (TPSA) is 51.2 Å². The van der Waals surface area contributed by atoms with E-state index in [1.54, 1.807) is 6.20 Å². The van der Waals surface area contributed by atoms with Gasteiger partial charge in [-0.3, -0.25) is 9.78 Å². The maximum Gasteiger partial charge on any atom is 0.262 e. The van der Waals surface area contributed by atoms with Crippen molar-refractivity contribution in [1.82, 2.24) is 4.98 Å². The van der Waals surface area contributed by atoms with Crippen molar-refractivity contribution in [2.75, 3.05) is 11.9 Å². The van der Waals surface area contributed by atoms with E-state index in [2.05, 4.69) is 10.3 Å². The fourth-order valence-electron chi connectivity index (χ4n) is 2.19. The number of carbonyl (C=O) groups is 1. The largest absolute Gasteiger partial charge is 0.484 e. The Morgan fingerprint density at radius 2 is 2.00 bits per heavy atom. The highest BCUT2D eigenvalue weighted by Gasteiger charge is 2.05. The highest BCUT2D eigenvalue weighted by atomic mass is 16.5. The molecule has 1 amide bonds. The summed E-state index contributed by atoms with van der Waals surface area (Å²) in [5, 5.41) is 3.78. The summed E-state index contributed by atoms with van der Waals surface area (Å²) in [5.41, 5.74) is 2.66. The lowest BCUT2D eigenvalue weighted by Gasteiger charge is -2.08. The standard InChI is InChI=1S/C18H16N2O2/c1-13-5-4-7-16(9-13)22-12-18(21)20-15-10-14-6-2-3-8-17(14)19-11-15/h2-11H,12H2,1H3,(H,20,21). The molecule has 4 nitrogen and oxygen atoms in total. The van der Waals surface area contributed by atoms with E-state index in [1.807, 2.05) is 61.5 Å². The number of pyridine rings is 1. The average Bonchev–Trinajstić information content (AvgIpc) is 2.53. The number of ether oxygens (including phenoxy) is 1. The normalized spacial score (nSPS) is 10.4. The molecule has 0 aliphatic rings. The van der Waals surface area contributed by atoms with Crippen molar-refractivity contribution >= 4 is 22.5 Å². The third kappa shape index (κ3) is 3.41. The van der Waals surface area contributed by atoms with Gasteiger partial charge >= 0.3 is 0 Å². The predicted octanol–water partition coefficient (Wildman–Crippen LogP) is 3.56. The lowest BCUT2D eigenvalue weighted by Crippen LogP contribution is -2.20. The zero-order chi connectivity index (χ0) is 15.4. The number of aromatic nitrogens is 1. The maximum absolute atomic E-state index is 11.9. The molecule has 4 heteroatoms. The van der Waals surface area contributed by atoms with E-state index < -0.39 is 0 Å². The van der Waals surface area contributed by atoms with Gasteiger partial charge in [0.1, 0.15) is 5.75 Å². The molecule has 110 valence electrons. The van der Waals surface area contributed by atoms with Gasteiger partial charge in [0.25, 0.3) is 5.91 Å². The lowest BCUT2D eigenvalue weighted by molar-refractivity contribution is -0.118. The Kier molecular flexibility index (Phi) is 4.01. The molecule has 0 saturated heterocycles. The molecular weight excluding hydrogens is 276 g/mol. The van der Waals surface area contributed by atoms with Crippen molar-refractivity contribution in [3.63, 3.8) is 0 Å². The summed E-state index contributed by atoms with van der Waals surface area (Å²) < 4.78 is 5.48. The second-order valence-corrected chi connectivity index (χ2v) is 5.07. The van der Waals surface area contributed by atoms with Crippen LogP contribution in [0.5, 0.6) is 5.75 Å². The zero-order valence-electron chi connectivity index (χ0n) is 12.2. The van der Waals surface area contributed by atoms with E-state index in [-0.39, 0.29) is 12.5 Å². The monoisotopic (exact) mass is 292 g/mol. The quantitative estimate of drug-likeness (QED) is 0.800. The Morgan fingerprint density at radius 3 is 2.86 bits per heavy atom. The smallest absolute Gasteiger partial charge is 0.262 e. The number of benzene rings is 2. The van der Waals surface area contributed by atoms with Gasteiger partial charge in [-0.05, 0) is 36.8 Å². The van der Waals surface area contributed by atoms with Gasteiger partial charge in [-0.2, -0.15) is 0 Å². The van der Waals surface area contributed by atoms with Gasteiger partial charge in [0, 0.05) is 5.39 Å². The summed E-state index contributed by atoms with van der Waals surface area (Å²) in [7, 11) is 0. The van der Waals surface area contributed by atoms with E-state index in [9.17, 15) is 4.79 Å². The molecule has 3 rings (SSSR count). The molecule has 3 aromatic rings. The molecule has 0 aliphatic heterocycles. The summed E-state index contributed by atoms with van der Waals surface area (Å²) in [6.07, 6.45) is 1.65. The molecule has 0 unspecified atom stereocenters. The first-order chi connectivity index (χ1) is 10.7. The van der Waals surface area contributed by atoms with Gasteiger partial charge < -0.3 is 10.1 Å². The number of anilines is 1. The van der Waals surface area contributed by atoms with Gasteiger partial charge in [-0.15, -0.1) is 0 Å². The fourth-order valence-corrected chi connectivity index (χ4v) is 2.19. The number of amides is 1. The van der Waals surface area contributed by atoms with E-state index in [0.29, 0.717) is 11.4 Å². The molecule has 0 radical (unpaired) electrons. The van der Waals surface area contributed by atoms with Crippen molar-refractivity contribution in [1.29, 1.82) is 0 Å². The number of rotatable bonds is 4. The molecule has 0 saturated carbocycles. The molecular formula is C18H16N2O2. The maximum atomic E-state index is 11.9. The highest BCUT2D eigenvalue weighted by molar-refractivity contribution is 5.93. The third-order valence-electron chi connectivity index (χ3n) is 3.23. The van der Waals surface area contributed by atoms with Crippen LogP contribution < -0.4 is 10.1 Å². The van der Waals surface area contributed by atoms with Crippen molar-refractivity contribution in [3.05, 3.63) is 66.4 Å². The van der Waals surface area contributed by atoms with E-state index >= 15 is 0 Å². The lowest BCUT2D eigenvalue weighted by atomic mass is 10.2. The SMILES string of the molecule is Cc1cccc(OCC(=O)Nc2cnc3ccccc3c2)c1. The number of carbonyl (C=O) groups excluding carboxylic acids is 1. The molecule has 1 N–H and O–H groups in total. The second kappa shape index (κ2) is 6.26. The minimum Gasteiger partial charge on any atom is -0.484 e. The Balaban J connectivity index is 1.63. The first kappa shape index (κ1) is 14.1. The molecule has 1 aromatic heterocycles. The van der Waals surface area contributed by atoms with E-state index in [1.165, 1.54) is 0 Å². The van der Waals surface area contributed by atoms with Crippen molar-refractivity contribution in [3.8, 4) is 5.75 Å². The molecule has 0 aliphatic carbocycles. The predicted molar refractivity (Wildman–Crippen MR) is 87.0 cm³/mol. The van der Waals surface area contributed by atoms with Gasteiger partial charge in [0.15, 0.2) is 6.61 Å². The van der Waals surface area contributed by atoms with Gasteiger partial charge in [-0.25, -0.2) is 0 Å².